The highest BCUT2D eigenvalue weighted by atomic mass is 19.1. The number of benzene rings is 2. The van der Waals surface area contributed by atoms with Crippen molar-refractivity contribution < 1.29 is 14.3 Å². The highest BCUT2D eigenvalue weighted by Gasteiger charge is 2.22. The van der Waals surface area contributed by atoms with Crippen molar-refractivity contribution in [3.63, 3.8) is 0 Å². The minimum absolute atomic E-state index is 0.244. The minimum Gasteiger partial charge on any atom is -0.387 e. The van der Waals surface area contributed by atoms with Gasteiger partial charge in [-0.2, -0.15) is 0 Å². The zero-order chi connectivity index (χ0) is 22.1. The zero-order valence-corrected chi connectivity index (χ0v) is 17.4. The Bertz CT molecular complexity index is 1250. The molecule has 1 aliphatic rings. The first-order chi connectivity index (χ1) is 15.6. The Morgan fingerprint density at radius 2 is 1.94 bits per heavy atom. The molecule has 7 heteroatoms. The summed E-state index contributed by atoms with van der Waals surface area (Å²) >= 11 is 0. The van der Waals surface area contributed by atoms with Crippen LogP contribution < -0.4 is 5.32 Å². The Morgan fingerprint density at radius 1 is 1.12 bits per heavy atom. The fourth-order valence-corrected chi connectivity index (χ4v) is 4.21. The molecule has 0 bridgehead atoms. The van der Waals surface area contributed by atoms with Gasteiger partial charge in [-0.15, -0.1) is 0 Å². The van der Waals surface area contributed by atoms with E-state index in [4.69, 9.17) is 0 Å². The number of carbonyl (C=O) groups is 1. The van der Waals surface area contributed by atoms with E-state index >= 15 is 0 Å². The van der Waals surface area contributed by atoms with E-state index in [2.05, 4.69) is 27.3 Å². The molecule has 2 N–H and O–H groups in total. The lowest BCUT2D eigenvalue weighted by molar-refractivity contribution is 0.101. The summed E-state index contributed by atoms with van der Waals surface area (Å²) in [5, 5.41) is 13.7. The van der Waals surface area contributed by atoms with E-state index in [9.17, 15) is 14.3 Å². The van der Waals surface area contributed by atoms with Crippen LogP contribution in [0.3, 0.4) is 0 Å². The normalized spacial score (nSPS) is 14.8. The molecule has 0 spiro atoms. The molecule has 2 aromatic carbocycles. The van der Waals surface area contributed by atoms with Crippen LogP contribution in [0.4, 0.5) is 10.1 Å². The standard InChI is InChI=1S/C25H23FN4O2/c26-19-8-9-21(28-25(32)22-15-30-11-4-3-7-24(30)27-22)20(13-19)23(31)16-29-12-10-17-5-1-2-6-18(17)14-29/h1-9,11,13,15,23,31H,10,12,14,16H2,(H,28,32). The maximum atomic E-state index is 14.0. The number of β-amino-alcohol motifs (C(OH)–C–C–N with tert-alkyl or cyclic N) is 1. The lowest BCUT2D eigenvalue weighted by atomic mass is 9.99. The smallest absolute Gasteiger partial charge is 0.275 e. The van der Waals surface area contributed by atoms with Crippen molar-refractivity contribution in [3.8, 4) is 0 Å². The molecule has 1 amide bonds. The molecule has 1 unspecified atom stereocenters. The van der Waals surface area contributed by atoms with E-state index in [1.807, 2.05) is 30.5 Å². The number of nitrogens with one attached hydrogen (secondary N) is 1. The number of hydrogen-bond acceptors (Lipinski definition) is 4. The summed E-state index contributed by atoms with van der Waals surface area (Å²) in [5.74, 6) is -0.880. The van der Waals surface area contributed by atoms with Crippen molar-refractivity contribution in [1.29, 1.82) is 0 Å². The number of fused-ring (bicyclic) bond motifs is 2. The van der Waals surface area contributed by atoms with Crippen LogP contribution in [0.5, 0.6) is 0 Å². The minimum atomic E-state index is -0.952. The van der Waals surface area contributed by atoms with Crippen molar-refractivity contribution in [2.24, 2.45) is 0 Å². The van der Waals surface area contributed by atoms with Crippen LogP contribution in [0.25, 0.3) is 5.65 Å². The maximum Gasteiger partial charge on any atom is 0.275 e. The number of hydrogen-bond donors (Lipinski definition) is 2. The molecule has 3 heterocycles. The number of rotatable bonds is 5. The number of aromatic nitrogens is 2. The van der Waals surface area contributed by atoms with Gasteiger partial charge in [0.1, 0.15) is 17.2 Å². The van der Waals surface area contributed by atoms with Crippen molar-refractivity contribution in [2.45, 2.75) is 19.1 Å². The number of amides is 1. The predicted molar refractivity (Wildman–Crippen MR) is 120 cm³/mol. The molecular weight excluding hydrogens is 407 g/mol. The second kappa shape index (κ2) is 8.53. The van der Waals surface area contributed by atoms with E-state index in [0.29, 0.717) is 23.4 Å². The van der Waals surface area contributed by atoms with Gasteiger partial charge in [-0.25, -0.2) is 9.37 Å². The topological polar surface area (TPSA) is 69.9 Å². The highest BCUT2D eigenvalue weighted by molar-refractivity contribution is 6.03. The van der Waals surface area contributed by atoms with E-state index < -0.39 is 17.8 Å². The lowest BCUT2D eigenvalue weighted by Gasteiger charge is -2.30. The number of aliphatic hydroxyl groups excluding tert-OH is 1. The molecule has 162 valence electrons. The third kappa shape index (κ3) is 4.12. The fourth-order valence-electron chi connectivity index (χ4n) is 4.21. The molecule has 0 saturated heterocycles. The Kier molecular flexibility index (Phi) is 5.43. The molecule has 4 aromatic rings. The number of imidazole rings is 1. The second-order valence-corrected chi connectivity index (χ2v) is 8.05. The first kappa shape index (κ1) is 20.4. The number of pyridine rings is 1. The van der Waals surface area contributed by atoms with E-state index in [0.717, 1.165) is 19.5 Å². The monoisotopic (exact) mass is 430 g/mol. The quantitative estimate of drug-likeness (QED) is 0.505. The van der Waals surface area contributed by atoms with Crippen LogP contribution in [0.2, 0.25) is 0 Å². The van der Waals surface area contributed by atoms with Gasteiger partial charge >= 0.3 is 0 Å². The van der Waals surface area contributed by atoms with Gasteiger partial charge < -0.3 is 14.8 Å². The fraction of sp³-hybridized carbons (Fsp3) is 0.200. The van der Waals surface area contributed by atoms with Crippen LogP contribution >= 0.6 is 0 Å². The average Bonchev–Trinajstić information content (AvgIpc) is 3.25. The summed E-state index contributed by atoms with van der Waals surface area (Å²) in [6, 6.07) is 17.8. The molecule has 2 aromatic heterocycles. The predicted octanol–water partition coefficient (Wildman–Crippen LogP) is 3.82. The first-order valence-electron chi connectivity index (χ1n) is 10.6. The van der Waals surface area contributed by atoms with Crippen LogP contribution in [0.1, 0.15) is 33.3 Å². The van der Waals surface area contributed by atoms with Gasteiger partial charge in [-0.1, -0.05) is 30.3 Å². The van der Waals surface area contributed by atoms with E-state index in [-0.39, 0.29) is 5.69 Å². The van der Waals surface area contributed by atoms with Gasteiger partial charge in [-0.3, -0.25) is 9.69 Å². The van der Waals surface area contributed by atoms with Crippen LogP contribution in [0.15, 0.2) is 73.1 Å². The molecule has 0 aliphatic carbocycles. The summed E-state index contributed by atoms with van der Waals surface area (Å²) < 4.78 is 15.8. The van der Waals surface area contributed by atoms with E-state index in [1.54, 1.807) is 16.7 Å². The van der Waals surface area contributed by atoms with E-state index in [1.165, 1.54) is 29.3 Å². The molecule has 1 aliphatic heterocycles. The maximum absolute atomic E-state index is 14.0. The number of carbonyl (C=O) groups excluding carboxylic acids is 1. The summed E-state index contributed by atoms with van der Waals surface area (Å²) in [4.78, 5) is 19.3. The summed E-state index contributed by atoms with van der Waals surface area (Å²) in [6.45, 7) is 1.88. The number of halogens is 1. The Labute approximate surface area is 184 Å². The largest absolute Gasteiger partial charge is 0.387 e. The zero-order valence-electron chi connectivity index (χ0n) is 17.4. The molecule has 6 nitrogen and oxygen atoms in total. The van der Waals surface area contributed by atoms with Crippen molar-refractivity contribution in [3.05, 3.63) is 101 Å². The molecule has 32 heavy (non-hydrogen) atoms. The SMILES string of the molecule is O=C(Nc1ccc(F)cc1C(O)CN1CCc2ccccc2C1)c1cn2ccccc2n1. The Morgan fingerprint density at radius 3 is 2.78 bits per heavy atom. The van der Waals surface area contributed by atoms with Gasteiger partial charge in [0.15, 0.2) is 0 Å². The molecule has 1 atom stereocenters. The molecule has 0 saturated carbocycles. The van der Waals surface area contributed by atoms with Crippen molar-refractivity contribution >= 4 is 17.2 Å². The average molecular weight is 430 g/mol. The molecule has 0 fully saturated rings. The van der Waals surface area contributed by atoms with Gasteiger partial charge in [0.2, 0.25) is 0 Å². The van der Waals surface area contributed by atoms with Gasteiger partial charge in [0.05, 0.1) is 6.10 Å². The molecular formula is C25H23FN4O2. The third-order valence-corrected chi connectivity index (χ3v) is 5.86. The number of nitrogens with zero attached hydrogens (tertiary/aromatic N) is 3. The number of aliphatic hydroxyl groups is 1. The van der Waals surface area contributed by atoms with Gasteiger partial charge in [-0.05, 0) is 47.9 Å². The van der Waals surface area contributed by atoms with Crippen molar-refractivity contribution in [1.82, 2.24) is 14.3 Å². The highest BCUT2D eigenvalue weighted by Crippen LogP contribution is 2.27. The van der Waals surface area contributed by atoms with Gasteiger partial charge in [0, 0.05) is 43.3 Å². The molecule has 0 radical (unpaired) electrons. The second-order valence-electron chi connectivity index (χ2n) is 8.05. The van der Waals surface area contributed by atoms with Crippen molar-refractivity contribution in [2.75, 3.05) is 18.4 Å². The van der Waals surface area contributed by atoms with Crippen LogP contribution in [-0.4, -0.2) is 38.4 Å². The summed E-state index contributed by atoms with van der Waals surface area (Å²) in [6.07, 6.45) is 3.40. The summed E-state index contributed by atoms with van der Waals surface area (Å²) in [5.41, 5.74) is 4.19. The third-order valence-electron chi connectivity index (χ3n) is 5.86. The summed E-state index contributed by atoms with van der Waals surface area (Å²) in [7, 11) is 0. The van der Waals surface area contributed by atoms with Gasteiger partial charge in [0.25, 0.3) is 5.91 Å². The Hall–Kier alpha value is -3.55. The molecule has 5 rings (SSSR count). The number of anilines is 1. The lowest BCUT2D eigenvalue weighted by Crippen LogP contribution is -2.34. The Balaban J connectivity index is 1.34. The van der Waals surface area contributed by atoms with Crippen LogP contribution in [0, 0.1) is 5.82 Å². The van der Waals surface area contributed by atoms with Crippen LogP contribution in [-0.2, 0) is 13.0 Å². The first-order valence-corrected chi connectivity index (χ1v) is 10.6.